The Morgan fingerprint density at radius 1 is 1.21 bits per heavy atom. The molecule has 34 heavy (non-hydrogen) atoms. The summed E-state index contributed by atoms with van der Waals surface area (Å²) in [6, 6.07) is 9.37. The standard InChI is InChI=1S/C24H25ClN6O3/c1-34-24(33)20-17(21(25)31(29-20)15-7-3-2-4-8-15)14-30-12-10-18-16(13-30)23(32)28-22(27-18)19-9-5-6-11-26-19/h2-4,7-8H,5-6,9-14H2,1H3,(H,27,28,32). The van der Waals surface area contributed by atoms with Crippen molar-refractivity contribution in [2.45, 2.75) is 38.8 Å². The Bertz CT molecular complexity index is 1310. The second kappa shape index (κ2) is 9.52. The number of halogens is 1. The number of carbonyl (C=O) groups is 1. The molecule has 0 saturated carbocycles. The number of hydrogen-bond acceptors (Lipinski definition) is 7. The van der Waals surface area contributed by atoms with Gasteiger partial charge in [-0.25, -0.2) is 14.5 Å². The van der Waals surface area contributed by atoms with E-state index in [1.807, 2.05) is 30.3 Å². The third kappa shape index (κ3) is 4.28. The number of benzene rings is 1. The molecule has 9 nitrogen and oxygen atoms in total. The van der Waals surface area contributed by atoms with Crippen molar-refractivity contribution in [2.24, 2.45) is 4.99 Å². The van der Waals surface area contributed by atoms with Crippen molar-refractivity contribution in [3.63, 3.8) is 0 Å². The van der Waals surface area contributed by atoms with Crippen LogP contribution in [0.15, 0.2) is 40.1 Å². The number of aromatic amines is 1. The highest BCUT2D eigenvalue weighted by molar-refractivity contribution is 6.31. The number of rotatable bonds is 5. The molecule has 0 atom stereocenters. The first-order valence-electron chi connectivity index (χ1n) is 11.3. The average molecular weight is 481 g/mol. The van der Waals surface area contributed by atoms with Gasteiger partial charge in [-0.15, -0.1) is 0 Å². The van der Waals surface area contributed by atoms with Gasteiger partial charge in [-0.1, -0.05) is 29.8 Å². The van der Waals surface area contributed by atoms with Gasteiger partial charge in [-0.05, 0) is 31.4 Å². The predicted molar refractivity (Wildman–Crippen MR) is 128 cm³/mol. The molecule has 2 aliphatic heterocycles. The van der Waals surface area contributed by atoms with Gasteiger partial charge < -0.3 is 9.72 Å². The van der Waals surface area contributed by atoms with Crippen LogP contribution in [0.1, 0.15) is 52.4 Å². The molecule has 0 amide bonds. The zero-order valence-electron chi connectivity index (χ0n) is 18.9. The number of nitrogens with one attached hydrogen (secondary N) is 1. The molecule has 5 rings (SSSR count). The van der Waals surface area contributed by atoms with E-state index in [1.165, 1.54) is 11.8 Å². The summed E-state index contributed by atoms with van der Waals surface area (Å²) in [5.41, 5.74) is 3.67. The molecule has 0 saturated heterocycles. The van der Waals surface area contributed by atoms with E-state index in [1.54, 1.807) is 0 Å². The van der Waals surface area contributed by atoms with E-state index in [9.17, 15) is 9.59 Å². The van der Waals surface area contributed by atoms with E-state index < -0.39 is 5.97 Å². The predicted octanol–water partition coefficient (Wildman–Crippen LogP) is 2.93. The van der Waals surface area contributed by atoms with Crippen LogP contribution in [0.5, 0.6) is 0 Å². The van der Waals surface area contributed by atoms with Crippen molar-refractivity contribution in [3.8, 4) is 5.69 Å². The van der Waals surface area contributed by atoms with Crippen LogP contribution < -0.4 is 5.56 Å². The minimum absolute atomic E-state index is 0.141. The van der Waals surface area contributed by atoms with Crippen LogP contribution in [-0.4, -0.2) is 56.5 Å². The van der Waals surface area contributed by atoms with Gasteiger partial charge in [0.1, 0.15) is 5.15 Å². The average Bonchev–Trinajstić information content (AvgIpc) is 3.20. The molecule has 10 heteroatoms. The van der Waals surface area contributed by atoms with E-state index in [0.717, 1.165) is 42.9 Å². The molecule has 2 aliphatic rings. The first-order chi connectivity index (χ1) is 16.5. The zero-order valence-corrected chi connectivity index (χ0v) is 19.6. The second-order valence-corrected chi connectivity index (χ2v) is 8.80. The van der Waals surface area contributed by atoms with Gasteiger partial charge in [-0.2, -0.15) is 5.10 Å². The van der Waals surface area contributed by atoms with Crippen molar-refractivity contribution in [1.29, 1.82) is 0 Å². The van der Waals surface area contributed by atoms with Crippen LogP contribution in [0.4, 0.5) is 0 Å². The molecule has 0 fully saturated rings. The van der Waals surface area contributed by atoms with Crippen LogP contribution in [0.3, 0.4) is 0 Å². The molecule has 2 aromatic heterocycles. The number of methoxy groups -OCH3 is 1. The summed E-state index contributed by atoms with van der Waals surface area (Å²) in [7, 11) is 1.32. The minimum atomic E-state index is -0.554. The van der Waals surface area contributed by atoms with Crippen molar-refractivity contribution in [2.75, 3.05) is 20.2 Å². The summed E-state index contributed by atoms with van der Waals surface area (Å²) in [4.78, 5) is 39.6. The van der Waals surface area contributed by atoms with Gasteiger partial charge in [0.25, 0.3) is 5.56 Å². The van der Waals surface area contributed by atoms with Crippen LogP contribution >= 0.6 is 11.6 Å². The molecule has 0 unspecified atom stereocenters. The monoisotopic (exact) mass is 480 g/mol. The highest BCUT2D eigenvalue weighted by Gasteiger charge is 2.28. The van der Waals surface area contributed by atoms with E-state index in [4.69, 9.17) is 21.3 Å². The Morgan fingerprint density at radius 3 is 2.76 bits per heavy atom. The molecule has 176 valence electrons. The normalized spacial score (nSPS) is 16.1. The minimum Gasteiger partial charge on any atom is -0.464 e. The Kier molecular flexibility index (Phi) is 6.30. The van der Waals surface area contributed by atoms with Gasteiger partial charge >= 0.3 is 5.97 Å². The SMILES string of the molecule is COC(=O)c1nn(-c2ccccc2)c(Cl)c1CN1CCc2nc(C3=NCCCC3)[nH]c(=O)c2C1. The third-order valence-electron chi connectivity index (χ3n) is 6.23. The number of H-pyrrole nitrogens is 1. The highest BCUT2D eigenvalue weighted by Crippen LogP contribution is 2.27. The van der Waals surface area contributed by atoms with Crippen molar-refractivity contribution < 1.29 is 9.53 Å². The molecular formula is C24H25ClN6O3. The third-order valence-corrected chi connectivity index (χ3v) is 6.62. The fourth-order valence-electron chi connectivity index (χ4n) is 4.44. The maximum Gasteiger partial charge on any atom is 0.358 e. The molecule has 1 aromatic carbocycles. The first-order valence-corrected chi connectivity index (χ1v) is 11.7. The van der Waals surface area contributed by atoms with Gasteiger partial charge in [0, 0.05) is 38.2 Å². The van der Waals surface area contributed by atoms with E-state index in [-0.39, 0.29) is 11.3 Å². The maximum atomic E-state index is 12.9. The fourth-order valence-corrected chi connectivity index (χ4v) is 4.72. The molecule has 0 bridgehead atoms. The second-order valence-electron chi connectivity index (χ2n) is 8.44. The summed E-state index contributed by atoms with van der Waals surface area (Å²) in [6.07, 6.45) is 3.60. The topological polar surface area (TPSA) is 105 Å². The van der Waals surface area contributed by atoms with Crippen molar-refractivity contribution >= 4 is 23.3 Å². The molecule has 0 spiro atoms. The lowest BCUT2D eigenvalue weighted by Gasteiger charge is -2.27. The summed E-state index contributed by atoms with van der Waals surface area (Å²) in [5.74, 6) is 0.0402. The molecule has 1 N–H and O–H groups in total. The molecule has 0 radical (unpaired) electrons. The number of aromatic nitrogens is 4. The van der Waals surface area contributed by atoms with E-state index in [2.05, 4.69) is 20.0 Å². The van der Waals surface area contributed by atoms with Crippen molar-refractivity contribution in [3.05, 3.63) is 74.2 Å². The van der Waals surface area contributed by atoms with Crippen LogP contribution in [0.25, 0.3) is 5.69 Å². The largest absolute Gasteiger partial charge is 0.464 e. The van der Waals surface area contributed by atoms with Gasteiger partial charge in [0.2, 0.25) is 0 Å². The molecule has 4 heterocycles. The smallest absolute Gasteiger partial charge is 0.358 e. The maximum absolute atomic E-state index is 12.9. The number of ether oxygens (including phenoxy) is 1. The Morgan fingerprint density at radius 2 is 2.03 bits per heavy atom. The quantitative estimate of drug-likeness (QED) is 0.563. The summed E-state index contributed by atoms with van der Waals surface area (Å²) < 4.78 is 6.48. The number of carbonyl (C=O) groups excluding carboxylic acids is 1. The molecule has 0 aliphatic carbocycles. The first kappa shape index (κ1) is 22.5. The number of nitrogens with zero attached hydrogens (tertiary/aromatic N) is 5. The van der Waals surface area contributed by atoms with Gasteiger partial charge in [0.05, 0.1) is 29.8 Å². The lowest BCUT2D eigenvalue weighted by molar-refractivity contribution is 0.0591. The van der Waals surface area contributed by atoms with Crippen LogP contribution in [-0.2, 0) is 24.2 Å². The van der Waals surface area contributed by atoms with Gasteiger partial charge in [-0.3, -0.25) is 14.7 Å². The summed E-state index contributed by atoms with van der Waals surface area (Å²) in [5, 5.41) is 4.77. The zero-order chi connectivity index (χ0) is 23.7. The van der Waals surface area contributed by atoms with Crippen LogP contribution in [0.2, 0.25) is 5.15 Å². The number of aliphatic imine (C=N–C) groups is 1. The fraction of sp³-hybridized carbons (Fsp3) is 0.375. The number of para-hydroxylation sites is 1. The Labute approximate surface area is 201 Å². The van der Waals surface area contributed by atoms with E-state index >= 15 is 0 Å². The molecule has 3 aromatic rings. The molecular weight excluding hydrogens is 456 g/mol. The van der Waals surface area contributed by atoms with Crippen molar-refractivity contribution in [1.82, 2.24) is 24.6 Å². The number of fused-ring (bicyclic) bond motifs is 1. The van der Waals surface area contributed by atoms with Gasteiger partial charge in [0.15, 0.2) is 11.5 Å². The highest BCUT2D eigenvalue weighted by atomic mass is 35.5. The number of esters is 1. The Balaban J connectivity index is 1.43. The number of hydrogen-bond donors (Lipinski definition) is 1. The van der Waals surface area contributed by atoms with E-state index in [0.29, 0.717) is 48.2 Å². The summed E-state index contributed by atoms with van der Waals surface area (Å²) >= 11 is 6.70. The Hall–Kier alpha value is -3.30. The summed E-state index contributed by atoms with van der Waals surface area (Å²) in [6.45, 7) is 2.20. The lowest BCUT2D eigenvalue weighted by atomic mass is 10.0. The van der Waals surface area contributed by atoms with Crippen LogP contribution in [0, 0.1) is 0 Å². The lowest BCUT2D eigenvalue weighted by Crippen LogP contribution is -2.36.